The lowest BCUT2D eigenvalue weighted by molar-refractivity contribution is -0.139. The maximum absolute atomic E-state index is 13.4. The highest BCUT2D eigenvalue weighted by Gasteiger charge is 2.30. The molecule has 2 aromatic rings. The third-order valence-corrected chi connectivity index (χ3v) is 6.36. The summed E-state index contributed by atoms with van der Waals surface area (Å²) in [6.07, 6.45) is 0.981. The molecule has 0 saturated carbocycles. The Morgan fingerprint density at radius 1 is 1.09 bits per heavy atom. The molecular weight excluding hydrogens is 466 g/mol. The van der Waals surface area contributed by atoms with Crippen LogP contribution in [-0.4, -0.2) is 56.3 Å². The smallest absolute Gasteiger partial charge is 0.244 e. The Morgan fingerprint density at radius 3 is 2.33 bits per heavy atom. The molecule has 10 heteroatoms. The first-order valence-electron chi connectivity index (χ1n) is 10.3. The first-order valence-corrected chi connectivity index (χ1v) is 12.6. The van der Waals surface area contributed by atoms with Gasteiger partial charge in [0, 0.05) is 23.7 Å². The van der Waals surface area contributed by atoms with Crippen LogP contribution in [0.2, 0.25) is 5.02 Å². The van der Waals surface area contributed by atoms with Crippen molar-refractivity contribution in [2.24, 2.45) is 0 Å². The Kier molecular flexibility index (Phi) is 9.01. The number of hydrogen-bond donors (Lipinski definition) is 1. The number of hydrogen-bond acceptors (Lipinski definition) is 5. The van der Waals surface area contributed by atoms with Gasteiger partial charge in [-0.05, 0) is 50.6 Å². The number of nitrogens with one attached hydrogen (secondary N) is 1. The number of amides is 2. The van der Waals surface area contributed by atoms with Crippen molar-refractivity contribution in [2.45, 2.75) is 33.4 Å². The van der Waals surface area contributed by atoms with E-state index in [9.17, 15) is 22.8 Å². The lowest BCUT2D eigenvalue weighted by atomic mass is 10.1. The zero-order chi connectivity index (χ0) is 24.8. The molecule has 0 spiro atoms. The molecule has 2 amide bonds. The van der Waals surface area contributed by atoms with Gasteiger partial charge in [-0.15, -0.1) is 0 Å². The van der Waals surface area contributed by atoms with E-state index >= 15 is 0 Å². The molecule has 1 N–H and O–H groups in total. The molecule has 0 radical (unpaired) electrons. The molecule has 0 saturated heterocycles. The summed E-state index contributed by atoms with van der Waals surface area (Å²) in [5.41, 5.74) is 1.20. The molecule has 0 aliphatic carbocycles. The number of benzene rings is 2. The molecule has 0 bridgehead atoms. The minimum absolute atomic E-state index is 0.0583. The highest BCUT2D eigenvalue weighted by Crippen LogP contribution is 2.21. The second kappa shape index (κ2) is 11.3. The molecular formula is C23H28ClN3O5S. The van der Waals surface area contributed by atoms with Gasteiger partial charge in [0.1, 0.15) is 12.6 Å². The molecule has 0 aliphatic rings. The van der Waals surface area contributed by atoms with Gasteiger partial charge in [-0.25, -0.2) is 8.42 Å². The molecule has 0 aromatic heterocycles. The highest BCUT2D eigenvalue weighted by molar-refractivity contribution is 7.92. The zero-order valence-electron chi connectivity index (χ0n) is 19.0. The van der Waals surface area contributed by atoms with E-state index in [0.29, 0.717) is 22.7 Å². The molecule has 2 aromatic carbocycles. The Hall–Kier alpha value is -2.91. The molecule has 1 unspecified atom stereocenters. The topological polar surface area (TPSA) is 104 Å². The first-order chi connectivity index (χ1) is 15.4. The Morgan fingerprint density at radius 2 is 1.76 bits per heavy atom. The maximum Gasteiger partial charge on any atom is 0.244 e. The minimum Gasteiger partial charge on any atom is -0.355 e. The van der Waals surface area contributed by atoms with Crippen LogP contribution in [0.15, 0.2) is 48.5 Å². The molecule has 33 heavy (non-hydrogen) atoms. The van der Waals surface area contributed by atoms with Gasteiger partial charge in [-0.1, -0.05) is 35.9 Å². The summed E-state index contributed by atoms with van der Waals surface area (Å²) in [7, 11) is -3.87. The highest BCUT2D eigenvalue weighted by atomic mass is 35.5. The summed E-state index contributed by atoms with van der Waals surface area (Å²) in [4.78, 5) is 39.0. The fourth-order valence-corrected chi connectivity index (χ4v) is 4.28. The van der Waals surface area contributed by atoms with Crippen LogP contribution in [0.4, 0.5) is 5.69 Å². The van der Waals surface area contributed by atoms with Crippen LogP contribution < -0.4 is 9.62 Å². The van der Waals surface area contributed by atoms with E-state index < -0.39 is 28.5 Å². The molecule has 0 fully saturated rings. The van der Waals surface area contributed by atoms with Crippen molar-refractivity contribution in [1.29, 1.82) is 0 Å². The lowest BCUT2D eigenvalue weighted by Crippen LogP contribution is -2.51. The third kappa shape index (κ3) is 7.30. The third-order valence-electron chi connectivity index (χ3n) is 4.98. The summed E-state index contributed by atoms with van der Waals surface area (Å²) in [6.45, 7) is 4.62. The van der Waals surface area contributed by atoms with E-state index in [1.54, 1.807) is 50.2 Å². The standard InChI is InChI=1S/C23H28ClN3O5S/c1-5-25-23(30)16(2)26(14-18-8-6-10-20(24)12-18)22(29)15-27(33(4,31)32)21-11-7-9-19(13-21)17(3)28/h6-13,16H,5,14-15H2,1-4H3,(H,25,30). The van der Waals surface area contributed by atoms with Crippen LogP contribution in [0.3, 0.4) is 0 Å². The van der Waals surface area contributed by atoms with Crippen molar-refractivity contribution in [3.05, 3.63) is 64.7 Å². The van der Waals surface area contributed by atoms with Gasteiger partial charge >= 0.3 is 0 Å². The summed E-state index contributed by atoms with van der Waals surface area (Å²) >= 11 is 6.07. The zero-order valence-corrected chi connectivity index (χ0v) is 20.6. The molecule has 1 atom stereocenters. The lowest BCUT2D eigenvalue weighted by Gasteiger charge is -2.31. The van der Waals surface area contributed by atoms with Crippen molar-refractivity contribution in [3.63, 3.8) is 0 Å². The number of carbonyl (C=O) groups is 3. The van der Waals surface area contributed by atoms with E-state index in [1.807, 2.05) is 0 Å². The number of ketones is 1. The molecule has 0 aliphatic heterocycles. The van der Waals surface area contributed by atoms with Gasteiger partial charge in [0.05, 0.1) is 11.9 Å². The predicted molar refractivity (Wildman–Crippen MR) is 129 cm³/mol. The van der Waals surface area contributed by atoms with Crippen LogP contribution in [0.25, 0.3) is 0 Å². The Balaban J connectivity index is 2.42. The number of Topliss-reactive ketones (excluding diaryl/α,β-unsaturated/α-hetero) is 1. The maximum atomic E-state index is 13.4. The number of nitrogens with zero attached hydrogens (tertiary/aromatic N) is 2. The number of halogens is 1. The summed E-state index contributed by atoms with van der Waals surface area (Å²) < 4.78 is 26.0. The number of rotatable bonds is 10. The van der Waals surface area contributed by atoms with Crippen molar-refractivity contribution in [1.82, 2.24) is 10.2 Å². The van der Waals surface area contributed by atoms with Gasteiger partial charge in [-0.2, -0.15) is 0 Å². The average molecular weight is 494 g/mol. The van der Waals surface area contributed by atoms with Crippen LogP contribution in [0, 0.1) is 0 Å². The van der Waals surface area contributed by atoms with Crippen LogP contribution in [-0.2, 0) is 26.2 Å². The SMILES string of the molecule is CCNC(=O)C(C)N(Cc1cccc(Cl)c1)C(=O)CN(c1cccc(C(C)=O)c1)S(C)(=O)=O. The van der Waals surface area contributed by atoms with E-state index in [1.165, 1.54) is 24.0 Å². The largest absolute Gasteiger partial charge is 0.355 e. The summed E-state index contributed by atoms with van der Waals surface area (Å²) in [6, 6.07) is 12.1. The van der Waals surface area contributed by atoms with Gasteiger partial charge in [0.2, 0.25) is 21.8 Å². The average Bonchev–Trinajstić information content (AvgIpc) is 2.74. The number of sulfonamides is 1. The van der Waals surface area contributed by atoms with E-state index in [0.717, 1.165) is 10.6 Å². The number of likely N-dealkylation sites (N-methyl/N-ethyl adjacent to an activating group) is 1. The Labute approximate surface area is 199 Å². The summed E-state index contributed by atoms with van der Waals surface area (Å²) in [5.74, 6) is -1.17. The summed E-state index contributed by atoms with van der Waals surface area (Å²) in [5, 5.41) is 3.16. The fraction of sp³-hybridized carbons (Fsp3) is 0.348. The minimum atomic E-state index is -3.87. The normalized spacial score (nSPS) is 12.0. The van der Waals surface area contributed by atoms with Crippen molar-refractivity contribution >= 4 is 44.9 Å². The van der Waals surface area contributed by atoms with Gasteiger partial charge in [0.25, 0.3) is 0 Å². The molecule has 2 rings (SSSR count). The van der Waals surface area contributed by atoms with E-state index in [-0.39, 0.29) is 23.9 Å². The number of carbonyl (C=O) groups excluding carboxylic acids is 3. The van der Waals surface area contributed by atoms with E-state index in [4.69, 9.17) is 11.6 Å². The fourth-order valence-electron chi connectivity index (χ4n) is 3.23. The van der Waals surface area contributed by atoms with Crippen molar-refractivity contribution in [2.75, 3.05) is 23.7 Å². The van der Waals surface area contributed by atoms with Crippen molar-refractivity contribution < 1.29 is 22.8 Å². The molecule has 178 valence electrons. The van der Waals surface area contributed by atoms with Gasteiger partial charge in [-0.3, -0.25) is 18.7 Å². The van der Waals surface area contributed by atoms with Crippen LogP contribution >= 0.6 is 11.6 Å². The molecule has 0 heterocycles. The first kappa shape index (κ1) is 26.3. The van der Waals surface area contributed by atoms with Gasteiger partial charge < -0.3 is 10.2 Å². The quantitative estimate of drug-likeness (QED) is 0.512. The van der Waals surface area contributed by atoms with Gasteiger partial charge in [0.15, 0.2) is 5.78 Å². The second-order valence-corrected chi connectivity index (χ2v) is 9.94. The van der Waals surface area contributed by atoms with Crippen molar-refractivity contribution in [3.8, 4) is 0 Å². The number of anilines is 1. The Bertz CT molecular complexity index is 1140. The predicted octanol–water partition coefficient (Wildman–Crippen LogP) is 2.86. The van der Waals surface area contributed by atoms with E-state index in [2.05, 4.69) is 5.32 Å². The second-order valence-electron chi connectivity index (χ2n) is 7.60. The van der Waals surface area contributed by atoms with Crippen LogP contribution in [0.1, 0.15) is 36.7 Å². The molecule has 8 nitrogen and oxygen atoms in total. The van der Waals surface area contributed by atoms with Crippen LogP contribution in [0.5, 0.6) is 0 Å². The monoisotopic (exact) mass is 493 g/mol.